The van der Waals surface area contributed by atoms with E-state index in [2.05, 4.69) is 20.8 Å². The molecule has 1 aromatic heterocycles. The number of aromatic nitrogens is 4. The highest BCUT2D eigenvalue weighted by Gasteiger charge is 2.32. The lowest BCUT2D eigenvalue weighted by atomic mass is 10.1. The minimum absolute atomic E-state index is 0.0536. The summed E-state index contributed by atoms with van der Waals surface area (Å²) in [5.41, 5.74) is 1.72. The number of tetrazole rings is 1. The van der Waals surface area contributed by atoms with Crippen molar-refractivity contribution in [2.45, 2.75) is 37.5 Å². The minimum Gasteiger partial charge on any atom is -0.370 e. The number of amides is 1. The molecule has 0 radical (unpaired) electrons. The third kappa shape index (κ3) is 5.47. The van der Waals surface area contributed by atoms with Crippen LogP contribution in [-0.2, 0) is 11.0 Å². The van der Waals surface area contributed by atoms with Crippen molar-refractivity contribution in [3.63, 3.8) is 0 Å². The fourth-order valence-electron chi connectivity index (χ4n) is 3.76. The summed E-state index contributed by atoms with van der Waals surface area (Å²) in [7, 11) is 0. The number of piperidine rings is 1. The van der Waals surface area contributed by atoms with Gasteiger partial charge in [-0.25, -0.2) is 0 Å². The second-order valence-corrected chi connectivity index (χ2v) is 8.72. The first-order chi connectivity index (χ1) is 15.8. The quantitative estimate of drug-likeness (QED) is 0.520. The van der Waals surface area contributed by atoms with Crippen molar-refractivity contribution in [3.8, 4) is 5.69 Å². The van der Waals surface area contributed by atoms with Crippen molar-refractivity contribution < 1.29 is 18.0 Å². The number of hydrogen-bond donors (Lipinski definition) is 1. The molecule has 0 atom stereocenters. The Morgan fingerprint density at radius 2 is 1.85 bits per heavy atom. The average Bonchev–Trinajstić information content (AvgIpc) is 3.26. The zero-order valence-corrected chi connectivity index (χ0v) is 18.8. The molecule has 2 heterocycles. The van der Waals surface area contributed by atoms with Crippen LogP contribution in [0.3, 0.4) is 0 Å². The number of rotatable bonds is 6. The largest absolute Gasteiger partial charge is 0.416 e. The van der Waals surface area contributed by atoms with Crippen molar-refractivity contribution in [1.29, 1.82) is 0 Å². The van der Waals surface area contributed by atoms with E-state index >= 15 is 0 Å². The molecule has 1 aliphatic rings. The lowest BCUT2D eigenvalue weighted by Gasteiger charge is -2.31. The molecule has 2 aromatic carbocycles. The first-order valence-electron chi connectivity index (χ1n) is 10.6. The van der Waals surface area contributed by atoms with E-state index in [-0.39, 0.29) is 11.4 Å². The van der Waals surface area contributed by atoms with Crippen LogP contribution < -0.4 is 10.2 Å². The smallest absolute Gasteiger partial charge is 0.370 e. The number of halogens is 3. The van der Waals surface area contributed by atoms with Gasteiger partial charge in [0, 0.05) is 13.1 Å². The summed E-state index contributed by atoms with van der Waals surface area (Å²) in [5, 5.41) is 14.8. The molecule has 3 aromatic rings. The zero-order valence-electron chi connectivity index (χ0n) is 18.0. The monoisotopic (exact) mass is 476 g/mol. The van der Waals surface area contributed by atoms with E-state index < -0.39 is 17.6 Å². The zero-order chi connectivity index (χ0) is 23.4. The molecule has 174 valence electrons. The Labute approximate surface area is 193 Å². The number of hydrogen-bond acceptors (Lipinski definition) is 6. The number of aryl methyl sites for hydroxylation is 1. The second kappa shape index (κ2) is 9.82. The van der Waals surface area contributed by atoms with Crippen LogP contribution in [0.5, 0.6) is 0 Å². The fourth-order valence-corrected chi connectivity index (χ4v) is 4.44. The van der Waals surface area contributed by atoms with Crippen LogP contribution in [0.2, 0.25) is 0 Å². The van der Waals surface area contributed by atoms with Crippen LogP contribution >= 0.6 is 11.8 Å². The molecule has 1 saturated heterocycles. The first-order valence-corrected chi connectivity index (χ1v) is 11.5. The summed E-state index contributed by atoms with van der Waals surface area (Å²) in [6, 6.07) is 11.1. The van der Waals surface area contributed by atoms with Crippen LogP contribution in [0.15, 0.2) is 47.6 Å². The summed E-state index contributed by atoms with van der Waals surface area (Å²) < 4.78 is 41.4. The van der Waals surface area contributed by atoms with Crippen molar-refractivity contribution in [2.75, 3.05) is 29.1 Å². The highest BCUT2D eigenvalue weighted by atomic mass is 32.2. The number of anilines is 2. The number of nitrogens with zero attached hydrogens (tertiary/aromatic N) is 5. The van der Waals surface area contributed by atoms with Crippen molar-refractivity contribution in [3.05, 3.63) is 53.6 Å². The Morgan fingerprint density at radius 1 is 1.09 bits per heavy atom. The number of carbonyl (C=O) groups excluding carboxylic acids is 1. The molecule has 1 amide bonds. The lowest BCUT2D eigenvalue weighted by Crippen LogP contribution is -2.30. The molecule has 0 aliphatic carbocycles. The van der Waals surface area contributed by atoms with Gasteiger partial charge >= 0.3 is 6.18 Å². The molecule has 1 aliphatic heterocycles. The SMILES string of the molecule is Cc1ccccc1-n1nnnc1SCC(=O)Nc1cc(C(F)(F)F)ccc1N1CCCCC1. The maximum atomic E-state index is 13.3. The number of para-hydroxylation sites is 1. The number of benzene rings is 2. The second-order valence-electron chi connectivity index (χ2n) is 7.77. The molecular weight excluding hydrogens is 453 g/mol. The van der Waals surface area contributed by atoms with Crippen molar-refractivity contribution >= 4 is 29.0 Å². The lowest BCUT2D eigenvalue weighted by molar-refractivity contribution is -0.137. The number of alkyl halides is 3. The first kappa shape index (κ1) is 23.1. The van der Waals surface area contributed by atoms with Gasteiger partial charge < -0.3 is 10.2 Å². The van der Waals surface area contributed by atoms with Gasteiger partial charge in [-0.05, 0) is 66.4 Å². The summed E-state index contributed by atoms with van der Waals surface area (Å²) in [4.78, 5) is 14.7. The topological polar surface area (TPSA) is 75.9 Å². The molecule has 11 heteroatoms. The molecule has 33 heavy (non-hydrogen) atoms. The van der Waals surface area contributed by atoms with Crippen molar-refractivity contribution in [2.24, 2.45) is 0 Å². The Kier molecular flexibility index (Phi) is 6.87. The number of thioether (sulfide) groups is 1. The van der Waals surface area contributed by atoms with Gasteiger partial charge in [-0.2, -0.15) is 17.9 Å². The van der Waals surface area contributed by atoms with E-state index in [4.69, 9.17) is 0 Å². The molecule has 0 unspecified atom stereocenters. The van der Waals surface area contributed by atoms with E-state index in [1.165, 1.54) is 10.7 Å². The van der Waals surface area contributed by atoms with Crippen molar-refractivity contribution in [1.82, 2.24) is 20.2 Å². The average molecular weight is 477 g/mol. The highest BCUT2D eigenvalue weighted by molar-refractivity contribution is 7.99. The normalized spacial score (nSPS) is 14.4. The maximum Gasteiger partial charge on any atom is 0.416 e. The fraction of sp³-hybridized carbons (Fsp3) is 0.364. The molecule has 0 saturated carbocycles. The Hall–Kier alpha value is -3.08. The summed E-state index contributed by atoms with van der Waals surface area (Å²) in [5.74, 6) is -0.487. The van der Waals surface area contributed by atoms with Gasteiger partial charge in [0.15, 0.2) is 0 Å². The van der Waals surface area contributed by atoms with Gasteiger partial charge in [0.1, 0.15) is 0 Å². The number of nitrogens with one attached hydrogen (secondary N) is 1. The van der Waals surface area contributed by atoms with Gasteiger partial charge in [-0.15, -0.1) is 5.10 Å². The summed E-state index contributed by atoms with van der Waals surface area (Å²) in [6.45, 7) is 3.41. The van der Waals surface area contributed by atoms with E-state index in [0.717, 1.165) is 67.5 Å². The van der Waals surface area contributed by atoms with Gasteiger partial charge in [0.2, 0.25) is 11.1 Å². The van der Waals surface area contributed by atoms with Crippen LogP contribution in [0.1, 0.15) is 30.4 Å². The third-order valence-corrected chi connectivity index (χ3v) is 6.33. The van der Waals surface area contributed by atoms with Crippen LogP contribution in [0, 0.1) is 6.92 Å². The van der Waals surface area contributed by atoms with Crippen LogP contribution in [0.4, 0.5) is 24.5 Å². The molecule has 7 nitrogen and oxygen atoms in total. The van der Waals surface area contributed by atoms with E-state index in [9.17, 15) is 18.0 Å². The Bertz CT molecular complexity index is 1130. The summed E-state index contributed by atoms with van der Waals surface area (Å²) >= 11 is 1.11. The number of carbonyl (C=O) groups is 1. The minimum atomic E-state index is -4.50. The molecule has 1 fully saturated rings. The predicted octanol–water partition coefficient (Wildman–Crippen LogP) is 4.71. The molecule has 0 spiro atoms. The van der Waals surface area contributed by atoms with E-state index in [1.54, 1.807) is 0 Å². The van der Waals surface area contributed by atoms with Gasteiger partial charge in [-0.3, -0.25) is 4.79 Å². The Morgan fingerprint density at radius 3 is 2.58 bits per heavy atom. The van der Waals surface area contributed by atoms with Gasteiger partial charge in [0.25, 0.3) is 0 Å². The van der Waals surface area contributed by atoms with Gasteiger partial charge in [-0.1, -0.05) is 30.0 Å². The maximum absolute atomic E-state index is 13.3. The molecular formula is C22H23F3N6OS. The van der Waals surface area contributed by atoms with Crippen LogP contribution in [0.25, 0.3) is 5.69 Å². The molecule has 1 N–H and O–H groups in total. The molecule has 4 rings (SSSR count). The standard InChI is InChI=1S/C22H23F3N6OS/c1-15-7-3-4-8-18(15)31-21(27-28-29-31)33-14-20(32)26-17-13-16(22(23,24)25)9-10-19(17)30-11-5-2-6-12-30/h3-4,7-10,13H,2,5-6,11-12,14H2,1H3,(H,26,32). The molecule has 0 bridgehead atoms. The van der Waals surface area contributed by atoms with E-state index in [0.29, 0.717) is 10.8 Å². The van der Waals surface area contributed by atoms with Gasteiger partial charge in [0.05, 0.1) is 28.4 Å². The van der Waals surface area contributed by atoms with E-state index in [1.807, 2.05) is 36.1 Å². The Balaban J connectivity index is 1.51. The predicted molar refractivity (Wildman–Crippen MR) is 121 cm³/mol. The third-order valence-electron chi connectivity index (χ3n) is 5.41. The van der Waals surface area contributed by atoms with Crippen LogP contribution in [-0.4, -0.2) is 45.0 Å². The highest BCUT2D eigenvalue weighted by Crippen LogP contribution is 2.36. The summed E-state index contributed by atoms with van der Waals surface area (Å²) in [6.07, 6.45) is -1.48.